The lowest BCUT2D eigenvalue weighted by molar-refractivity contribution is -0.142. The van der Waals surface area contributed by atoms with Crippen LogP contribution in [0.3, 0.4) is 0 Å². The normalized spacial score (nSPS) is 12.9. The summed E-state index contributed by atoms with van der Waals surface area (Å²) in [5, 5.41) is 0. The number of rotatable bonds is 10. The Bertz CT molecular complexity index is 1200. The van der Waals surface area contributed by atoms with Crippen molar-refractivity contribution in [3.8, 4) is 0 Å². The zero-order valence-electron chi connectivity index (χ0n) is 20.4. The van der Waals surface area contributed by atoms with E-state index in [2.05, 4.69) is 41.7 Å². The molecule has 0 aliphatic heterocycles. The number of benzene rings is 2. The van der Waals surface area contributed by atoms with Crippen molar-refractivity contribution in [2.75, 3.05) is 27.2 Å². The highest BCUT2D eigenvalue weighted by Crippen LogP contribution is 2.34. The van der Waals surface area contributed by atoms with Gasteiger partial charge >= 0.3 is 6.18 Å². The predicted molar refractivity (Wildman–Crippen MR) is 143 cm³/mol. The highest BCUT2D eigenvalue weighted by atomic mass is 79.9. The second kappa shape index (κ2) is 12.5. The average Bonchev–Trinajstić information content (AvgIpc) is 2.83. The molecule has 0 aliphatic rings. The van der Waals surface area contributed by atoms with Gasteiger partial charge < -0.3 is 4.90 Å². The maximum Gasteiger partial charge on any atom is 0.434 e. The first-order valence-electron chi connectivity index (χ1n) is 11.6. The maximum atomic E-state index is 13.9. The summed E-state index contributed by atoms with van der Waals surface area (Å²) in [6.45, 7) is 3.80. The molecule has 3 rings (SSSR count). The summed E-state index contributed by atoms with van der Waals surface area (Å²) in [6, 6.07) is 16.5. The number of likely N-dealkylation sites (N-methyl/N-ethyl adjacent to an activating group) is 1. The Morgan fingerprint density at radius 1 is 0.972 bits per heavy atom. The molecule has 1 unspecified atom stereocenters. The van der Waals surface area contributed by atoms with Crippen molar-refractivity contribution in [3.05, 3.63) is 96.5 Å². The molecule has 36 heavy (non-hydrogen) atoms. The highest BCUT2D eigenvalue weighted by molar-refractivity contribution is 9.10. The molecule has 1 atom stereocenters. The molecule has 0 radical (unpaired) electrons. The van der Waals surface area contributed by atoms with E-state index in [9.17, 15) is 18.0 Å². The third-order valence-corrected chi connectivity index (χ3v) is 7.10. The van der Waals surface area contributed by atoms with Gasteiger partial charge in [0.05, 0.1) is 12.6 Å². The molecule has 2 aromatic carbocycles. The molecule has 0 saturated carbocycles. The lowest BCUT2D eigenvalue weighted by atomic mass is 10.1. The van der Waals surface area contributed by atoms with E-state index in [0.29, 0.717) is 26.1 Å². The number of hydrogen-bond acceptors (Lipinski definition) is 4. The van der Waals surface area contributed by atoms with Crippen molar-refractivity contribution in [1.29, 1.82) is 0 Å². The van der Waals surface area contributed by atoms with Gasteiger partial charge in [-0.15, -0.1) is 0 Å². The fourth-order valence-electron chi connectivity index (χ4n) is 4.01. The van der Waals surface area contributed by atoms with Crippen LogP contribution < -0.4 is 5.56 Å². The van der Waals surface area contributed by atoms with Gasteiger partial charge in [0.15, 0.2) is 5.69 Å². The summed E-state index contributed by atoms with van der Waals surface area (Å²) >= 11 is 6.34. The van der Waals surface area contributed by atoms with Crippen LogP contribution in [0.5, 0.6) is 0 Å². The van der Waals surface area contributed by atoms with Crippen molar-refractivity contribution in [3.63, 3.8) is 0 Å². The topological polar surface area (TPSA) is 41.4 Å². The molecule has 0 fully saturated rings. The molecular formula is C26H29Br2F3N4O. The van der Waals surface area contributed by atoms with E-state index in [1.165, 1.54) is 4.57 Å². The minimum Gasteiger partial charge on any atom is -0.308 e. The van der Waals surface area contributed by atoms with Crippen LogP contribution in [0.15, 0.2) is 68.3 Å². The minimum absolute atomic E-state index is 0.109. The largest absolute Gasteiger partial charge is 0.434 e. The fraction of sp³-hybridized carbons (Fsp3) is 0.385. The molecule has 3 aromatic rings. The van der Waals surface area contributed by atoms with E-state index >= 15 is 0 Å². The third-order valence-electron chi connectivity index (χ3n) is 5.85. The van der Waals surface area contributed by atoms with Crippen molar-refractivity contribution < 1.29 is 13.2 Å². The summed E-state index contributed by atoms with van der Waals surface area (Å²) < 4.78 is 43.5. The first kappa shape index (κ1) is 28.6. The van der Waals surface area contributed by atoms with E-state index in [0.717, 1.165) is 15.6 Å². The first-order chi connectivity index (χ1) is 17.0. The molecule has 0 saturated heterocycles. The molecule has 1 heterocycles. The van der Waals surface area contributed by atoms with Crippen LogP contribution in [0.25, 0.3) is 0 Å². The standard InChI is InChI=1S/C26H29Br2F3N4O/c1-4-21(34(15-14-33(2)3)16-19-10-12-20(27)13-11-19)24-32-23(26(29,30)31)22(28)25(36)35(24)17-18-8-6-5-7-9-18/h5-13,21H,4,14-17H2,1-3H3. The molecule has 1 aromatic heterocycles. The Morgan fingerprint density at radius 2 is 1.61 bits per heavy atom. The smallest absolute Gasteiger partial charge is 0.308 e. The quantitative estimate of drug-likeness (QED) is 0.262. The second-order valence-electron chi connectivity index (χ2n) is 8.83. The minimum atomic E-state index is -4.77. The van der Waals surface area contributed by atoms with Gasteiger partial charge in [-0.3, -0.25) is 14.3 Å². The third kappa shape index (κ3) is 7.27. The molecule has 0 amide bonds. The summed E-state index contributed by atoms with van der Waals surface area (Å²) in [7, 11) is 3.90. The van der Waals surface area contributed by atoms with Gasteiger partial charge in [0.25, 0.3) is 5.56 Å². The molecule has 10 heteroatoms. The van der Waals surface area contributed by atoms with E-state index in [4.69, 9.17) is 0 Å². The van der Waals surface area contributed by atoms with E-state index < -0.39 is 27.9 Å². The van der Waals surface area contributed by atoms with Crippen LogP contribution in [0.4, 0.5) is 13.2 Å². The summed E-state index contributed by atoms with van der Waals surface area (Å²) in [5.74, 6) is 0.109. The number of hydrogen-bond donors (Lipinski definition) is 0. The van der Waals surface area contributed by atoms with Gasteiger partial charge in [0.2, 0.25) is 0 Å². The molecule has 0 bridgehead atoms. The van der Waals surface area contributed by atoms with Crippen molar-refractivity contribution in [2.45, 2.75) is 38.7 Å². The van der Waals surface area contributed by atoms with Crippen LogP contribution in [0.1, 0.15) is 42.0 Å². The van der Waals surface area contributed by atoms with Crippen molar-refractivity contribution >= 4 is 31.9 Å². The molecule has 0 aliphatic carbocycles. The molecule has 194 valence electrons. The SMILES string of the molecule is CCC(c1nc(C(F)(F)F)c(Br)c(=O)n1Cc1ccccc1)N(CCN(C)C)Cc1ccc(Br)cc1. The summed E-state index contributed by atoms with van der Waals surface area (Å²) in [4.78, 5) is 21.5. The maximum absolute atomic E-state index is 13.9. The Labute approximate surface area is 226 Å². The van der Waals surface area contributed by atoms with Crippen LogP contribution in [0, 0.1) is 0 Å². The van der Waals surface area contributed by atoms with E-state index in [1.807, 2.05) is 80.5 Å². The zero-order valence-corrected chi connectivity index (χ0v) is 23.6. The average molecular weight is 630 g/mol. The Kier molecular flexibility index (Phi) is 9.91. The number of alkyl halides is 3. The number of aromatic nitrogens is 2. The predicted octanol–water partition coefficient (Wildman–Crippen LogP) is 6.35. The van der Waals surface area contributed by atoms with E-state index in [1.54, 1.807) is 0 Å². The van der Waals surface area contributed by atoms with E-state index in [-0.39, 0.29) is 12.4 Å². The van der Waals surface area contributed by atoms with Gasteiger partial charge in [0, 0.05) is 24.1 Å². The van der Waals surface area contributed by atoms with Gasteiger partial charge in [-0.1, -0.05) is 65.3 Å². The van der Waals surface area contributed by atoms with Gasteiger partial charge in [-0.2, -0.15) is 13.2 Å². The Hall–Kier alpha value is -2.01. The number of halogens is 5. The lowest BCUT2D eigenvalue weighted by Gasteiger charge is -2.33. The molecule has 0 spiro atoms. The molecule has 0 N–H and O–H groups in total. The lowest BCUT2D eigenvalue weighted by Crippen LogP contribution is -2.39. The molecule has 5 nitrogen and oxygen atoms in total. The van der Waals surface area contributed by atoms with Crippen LogP contribution in [-0.4, -0.2) is 46.5 Å². The highest BCUT2D eigenvalue weighted by Gasteiger charge is 2.39. The zero-order chi connectivity index (χ0) is 26.5. The molecular weight excluding hydrogens is 601 g/mol. The summed E-state index contributed by atoms with van der Waals surface area (Å²) in [6.07, 6.45) is -4.29. The van der Waals surface area contributed by atoms with Gasteiger partial charge in [-0.05, 0) is 59.7 Å². The van der Waals surface area contributed by atoms with Crippen LogP contribution >= 0.6 is 31.9 Å². The van der Waals surface area contributed by atoms with Crippen LogP contribution in [-0.2, 0) is 19.3 Å². The van der Waals surface area contributed by atoms with Crippen molar-refractivity contribution in [2.24, 2.45) is 0 Å². The number of nitrogens with zero attached hydrogens (tertiary/aromatic N) is 4. The van der Waals surface area contributed by atoms with Crippen molar-refractivity contribution in [1.82, 2.24) is 19.4 Å². The second-order valence-corrected chi connectivity index (χ2v) is 10.5. The van der Waals surface area contributed by atoms with Gasteiger partial charge in [0.1, 0.15) is 10.3 Å². The Morgan fingerprint density at radius 3 is 2.17 bits per heavy atom. The summed E-state index contributed by atoms with van der Waals surface area (Å²) in [5.41, 5.74) is -0.121. The Balaban J connectivity index is 2.16. The van der Waals surface area contributed by atoms with Gasteiger partial charge in [-0.25, -0.2) is 4.98 Å². The van der Waals surface area contributed by atoms with Crippen LogP contribution in [0.2, 0.25) is 0 Å². The monoisotopic (exact) mass is 628 g/mol. The first-order valence-corrected chi connectivity index (χ1v) is 13.1. The fourth-order valence-corrected chi connectivity index (χ4v) is 4.80.